The zero-order chi connectivity index (χ0) is 32.3. The van der Waals surface area contributed by atoms with E-state index in [1.165, 1.54) is 0 Å². The number of nitrogens with two attached hydrogens (primary N) is 2. The van der Waals surface area contributed by atoms with E-state index in [-0.39, 0.29) is 29.7 Å². The second-order valence-corrected chi connectivity index (χ2v) is 13.8. The van der Waals surface area contributed by atoms with Crippen LogP contribution in [-0.2, 0) is 36.6 Å². The number of aromatic hydroxyl groups is 1. The summed E-state index contributed by atoms with van der Waals surface area (Å²) in [5.74, 6) is -7.44. The average molecular weight is 615 g/mol. The highest BCUT2D eigenvalue weighted by atomic mass is 16.8. The van der Waals surface area contributed by atoms with E-state index >= 15 is 0 Å². The Kier molecular flexibility index (Phi) is 6.76. The van der Waals surface area contributed by atoms with Crippen molar-refractivity contribution >= 4 is 23.1 Å². The minimum atomic E-state index is -2.43. The second-order valence-electron chi connectivity index (χ2n) is 13.8. The smallest absolute Gasteiger partial charge is 0.253 e. The van der Waals surface area contributed by atoms with Crippen molar-refractivity contribution in [3.8, 4) is 5.75 Å². The Morgan fingerprint density at radius 3 is 2.36 bits per heavy atom. The minimum Gasteiger partial charge on any atom is -0.510 e. The molecule has 2 heterocycles. The molecule has 13 heteroatoms. The van der Waals surface area contributed by atoms with Gasteiger partial charge in [0.05, 0.1) is 24.8 Å². The summed E-state index contributed by atoms with van der Waals surface area (Å²) in [4.78, 5) is 30.3. The number of aliphatic hydroxyl groups excluding tert-OH is 2. The number of fused-ring (bicyclic) bond motifs is 2. The number of phenolic OH excluding ortho intramolecular Hbond substituents is 1. The first-order valence-electron chi connectivity index (χ1n) is 14.8. The highest BCUT2D eigenvalue weighted by molar-refractivity contribution is 6.14. The molecule has 44 heavy (non-hydrogen) atoms. The van der Waals surface area contributed by atoms with Crippen LogP contribution in [0.15, 0.2) is 23.0 Å². The van der Waals surface area contributed by atoms with E-state index in [4.69, 9.17) is 25.7 Å². The molecule has 8 N–H and O–H groups in total. The summed E-state index contributed by atoms with van der Waals surface area (Å²) in [6.45, 7) is 4.59. The van der Waals surface area contributed by atoms with Crippen LogP contribution in [0.5, 0.6) is 5.75 Å². The topological polar surface area (TPSA) is 205 Å². The predicted molar refractivity (Wildman–Crippen MR) is 159 cm³/mol. The normalized spacial score (nSPS) is 33.4. The summed E-state index contributed by atoms with van der Waals surface area (Å²) in [6.07, 6.45) is 1.08. The number of carbonyl (C=O) groups is 2. The molecular formula is C31H42N4O9. The summed E-state index contributed by atoms with van der Waals surface area (Å²) in [5.41, 5.74) is 10.9. The van der Waals surface area contributed by atoms with E-state index in [1.54, 1.807) is 19.0 Å². The molecule has 6 atom stereocenters. The molecule has 0 bridgehead atoms. The molecular weight excluding hydrogens is 572 g/mol. The maximum absolute atomic E-state index is 14.4. The van der Waals surface area contributed by atoms with Gasteiger partial charge in [0.25, 0.3) is 5.91 Å². The van der Waals surface area contributed by atoms with Crippen molar-refractivity contribution in [2.75, 3.05) is 46.3 Å². The van der Waals surface area contributed by atoms with Gasteiger partial charge in [-0.3, -0.25) is 14.5 Å². The summed E-state index contributed by atoms with van der Waals surface area (Å²) in [5, 5.41) is 46.1. The van der Waals surface area contributed by atoms with Crippen LogP contribution in [0, 0.1) is 11.8 Å². The van der Waals surface area contributed by atoms with Crippen molar-refractivity contribution in [2.24, 2.45) is 23.3 Å². The molecule has 1 aromatic carbocycles. The summed E-state index contributed by atoms with van der Waals surface area (Å²) < 4.78 is 17.3. The number of amides is 1. The van der Waals surface area contributed by atoms with E-state index < -0.39 is 69.4 Å². The van der Waals surface area contributed by atoms with Crippen molar-refractivity contribution in [3.63, 3.8) is 0 Å². The molecule has 13 nitrogen and oxygen atoms in total. The highest BCUT2D eigenvalue weighted by Gasteiger charge is 2.86. The van der Waals surface area contributed by atoms with Crippen molar-refractivity contribution in [2.45, 2.75) is 68.3 Å². The third-order valence-corrected chi connectivity index (χ3v) is 9.98. The fourth-order valence-electron chi connectivity index (χ4n) is 8.38. The van der Waals surface area contributed by atoms with Gasteiger partial charge in [-0.1, -0.05) is 0 Å². The van der Waals surface area contributed by atoms with Gasteiger partial charge in [-0.2, -0.15) is 0 Å². The highest BCUT2D eigenvalue weighted by Crippen LogP contribution is 2.67. The van der Waals surface area contributed by atoms with E-state index in [9.17, 15) is 30.0 Å². The third kappa shape index (κ3) is 4.13. The molecule has 3 aliphatic carbocycles. The summed E-state index contributed by atoms with van der Waals surface area (Å²) >= 11 is 0. The number of carbonyl (C=O) groups excluding carboxylic acids is 2. The number of primary amides is 1. The minimum absolute atomic E-state index is 0.000300. The lowest BCUT2D eigenvalue weighted by atomic mass is 9.58. The maximum atomic E-state index is 14.4. The molecule has 0 aromatic heterocycles. The van der Waals surface area contributed by atoms with Gasteiger partial charge < -0.3 is 51.0 Å². The first kappa shape index (κ1) is 30.8. The van der Waals surface area contributed by atoms with Crippen molar-refractivity contribution < 1.29 is 44.2 Å². The molecule has 0 radical (unpaired) electrons. The van der Waals surface area contributed by atoms with Crippen LogP contribution in [0.4, 0.5) is 5.69 Å². The van der Waals surface area contributed by atoms with Gasteiger partial charge >= 0.3 is 0 Å². The van der Waals surface area contributed by atoms with Crippen molar-refractivity contribution in [1.82, 2.24) is 4.90 Å². The molecule has 1 amide bonds. The zero-order valence-electron chi connectivity index (χ0n) is 25.9. The van der Waals surface area contributed by atoms with Crippen LogP contribution < -0.4 is 16.4 Å². The first-order valence-corrected chi connectivity index (χ1v) is 14.8. The maximum Gasteiger partial charge on any atom is 0.253 e. The van der Waals surface area contributed by atoms with Gasteiger partial charge in [-0.25, -0.2) is 0 Å². The Labute approximate surface area is 255 Å². The molecule has 5 aliphatic rings. The van der Waals surface area contributed by atoms with E-state index in [0.717, 1.165) is 5.69 Å². The van der Waals surface area contributed by atoms with Gasteiger partial charge in [-0.05, 0) is 70.3 Å². The lowest BCUT2D eigenvalue weighted by molar-refractivity contribution is -0.156. The molecule has 2 saturated heterocycles. The predicted octanol–water partition coefficient (Wildman–Crippen LogP) is 0.600. The van der Waals surface area contributed by atoms with Crippen LogP contribution in [-0.4, -0.2) is 107 Å². The number of ether oxygens (including phenoxy) is 3. The molecule has 240 valence electrons. The van der Waals surface area contributed by atoms with E-state index in [2.05, 4.69) is 0 Å². The average Bonchev–Trinajstić information content (AvgIpc) is 3.31. The molecule has 3 fully saturated rings. The SMILES string of the molecule is CN(C)c1cc(CC(C)(N)CC2(C)OCCO2)c(O)c2c1C[C@H]1C[C@H]3[C@H](N(C)C)C(O)=C(C(N)=O)C4(O)O[C@]34C(=O)C1=C2O. The number of anilines is 1. The number of benzene rings is 1. The number of ketones is 1. The number of epoxide rings is 1. The second kappa shape index (κ2) is 9.65. The standard InChI is InChI=1S/C31H42N4O9/c1-28(33,13-29(2)42-7-8-43-29)12-15-11-18(34(3)4)16-9-14-10-17-22(35(5)6)25(38)21(27(32)40)31(41)30(17,44-31)26(39)19(14)24(37)20(16)23(15)36/h11,14,17,22,36-38,41H,7-10,12-13,33H2,1-6H3,(H2,32,40)/t14-,17-,22-,28?,30-,31?/m0/s1. The molecule has 2 unspecified atom stereocenters. The van der Waals surface area contributed by atoms with Crippen LogP contribution in [0.2, 0.25) is 0 Å². The van der Waals surface area contributed by atoms with Crippen LogP contribution >= 0.6 is 0 Å². The van der Waals surface area contributed by atoms with Crippen LogP contribution in [0.25, 0.3) is 5.76 Å². The number of aliphatic hydroxyl groups is 3. The van der Waals surface area contributed by atoms with Crippen molar-refractivity contribution in [1.29, 1.82) is 0 Å². The first-order chi connectivity index (χ1) is 20.4. The molecule has 2 aliphatic heterocycles. The number of likely N-dealkylation sites (N-methyl/N-ethyl adjacent to an activating group) is 1. The summed E-state index contributed by atoms with van der Waals surface area (Å²) in [7, 11) is 7.08. The Morgan fingerprint density at radius 1 is 1.16 bits per heavy atom. The quantitative estimate of drug-likeness (QED) is 0.234. The summed E-state index contributed by atoms with van der Waals surface area (Å²) in [6, 6.07) is 0.998. The third-order valence-electron chi connectivity index (χ3n) is 9.98. The molecule has 1 aromatic rings. The largest absolute Gasteiger partial charge is 0.510 e. The lowest BCUT2D eigenvalue weighted by Gasteiger charge is -2.46. The van der Waals surface area contributed by atoms with E-state index in [0.29, 0.717) is 37.2 Å². The van der Waals surface area contributed by atoms with Crippen molar-refractivity contribution in [3.05, 3.63) is 39.7 Å². The van der Waals surface area contributed by atoms with Gasteiger partial charge in [0.2, 0.25) is 11.6 Å². The number of hydrogen-bond acceptors (Lipinski definition) is 12. The number of nitrogens with zero attached hydrogens (tertiary/aromatic N) is 2. The number of Topliss-reactive ketones (excluding diaryl/α,β-unsaturated/α-hetero) is 1. The van der Waals surface area contributed by atoms with E-state index in [1.807, 2.05) is 38.9 Å². The Balaban J connectivity index is 1.46. The van der Waals surface area contributed by atoms with Gasteiger partial charge in [0.1, 0.15) is 22.8 Å². The van der Waals surface area contributed by atoms with Gasteiger partial charge in [0.15, 0.2) is 11.4 Å². The Hall–Kier alpha value is -3.20. The fraction of sp³-hybridized carbons (Fsp3) is 0.613. The number of rotatable bonds is 7. The zero-order valence-corrected chi connectivity index (χ0v) is 25.9. The molecule has 1 saturated carbocycles. The number of phenols is 1. The van der Waals surface area contributed by atoms with Gasteiger partial charge in [0, 0.05) is 43.2 Å². The Morgan fingerprint density at radius 2 is 1.80 bits per heavy atom. The number of hydrogen-bond donors (Lipinski definition) is 6. The monoisotopic (exact) mass is 614 g/mol. The fourth-order valence-corrected chi connectivity index (χ4v) is 8.38. The lowest BCUT2D eigenvalue weighted by Crippen LogP contribution is -2.60. The molecule has 6 rings (SSSR count). The van der Waals surface area contributed by atoms with Crippen LogP contribution in [0.1, 0.15) is 43.4 Å². The van der Waals surface area contributed by atoms with Crippen LogP contribution in [0.3, 0.4) is 0 Å². The van der Waals surface area contributed by atoms with Gasteiger partial charge in [-0.15, -0.1) is 0 Å². The Bertz CT molecular complexity index is 1530. The molecule has 1 spiro atoms.